The second-order valence-corrected chi connectivity index (χ2v) is 3.83. The van der Waals surface area contributed by atoms with Crippen molar-refractivity contribution in [3.63, 3.8) is 0 Å². The maximum Gasteiger partial charge on any atom is 0.256 e. The van der Waals surface area contributed by atoms with Gasteiger partial charge in [0.15, 0.2) is 5.82 Å². The van der Waals surface area contributed by atoms with Crippen molar-refractivity contribution in [1.29, 1.82) is 0 Å². The Bertz CT molecular complexity index is 565. The van der Waals surface area contributed by atoms with E-state index in [1.54, 1.807) is 6.92 Å². The van der Waals surface area contributed by atoms with E-state index in [1.165, 1.54) is 18.6 Å². The Labute approximate surface area is 104 Å². The molecule has 0 saturated heterocycles. The van der Waals surface area contributed by atoms with Gasteiger partial charge in [-0.2, -0.15) is 0 Å². The molecule has 2 heterocycles. The number of nitrogens with zero attached hydrogens (tertiary/aromatic N) is 2. The quantitative estimate of drug-likeness (QED) is 0.764. The van der Waals surface area contributed by atoms with Gasteiger partial charge in [0.2, 0.25) is 0 Å². The van der Waals surface area contributed by atoms with Gasteiger partial charge in [0.25, 0.3) is 5.88 Å². The molecule has 0 saturated carbocycles. The van der Waals surface area contributed by atoms with Crippen LogP contribution in [0.4, 0.5) is 4.39 Å². The van der Waals surface area contributed by atoms with Gasteiger partial charge in [-0.15, -0.1) is 0 Å². The third-order valence-corrected chi connectivity index (χ3v) is 2.40. The highest BCUT2D eigenvalue weighted by Gasteiger charge is 2.09. The predicted octanol–water partition coefficient (Wildman–Crippen LogP) is 2.16. The molecular formula is C11H7BClFN2O. The number of halogens is 2. The molecule has 0 N–H and O–H groups in total. The Hall–Kier alpha value is -1.62. The van der Waals surface area contributed by atoms with Gasteiger partial charge in [-0.3, -0.25) is 4.98 Å². The number of rotatable bonds is 2. The molecule has 0 atom stereocenters. The van der Waals surface area contributed by atoms with Crippen molar-refractivity contribution in [3.8, 4) is 11.6 Å². The summed E-state index contributed by atoms with van der Waals surface area (Å²) in [4.78, 5) is 7.61. The zero-order valence-corrected chi connectivity index (χ0v) is 9.70. The molecule has 84 valence electrons. The van der Waals surface area contributed by atoms with Crippen LogP contribution in [0.1, 0.15) is 5.56 Å². The van der Waals surface area contributed by atoms with Crippen molar-refractivity contribution in [1.82, 2.24) is 9.97 Å². The molecule has 0 aliphatic rings. The first-order chi connectivity index (χ1) is 8.08. The van der Waals surface area contributed by atoms with Gasteiger partial charge in [-0.1, -0.05) is 17.1 Å². The maximum absolute atomic E-state index is 13.4. The number of hydrogen-bond donors (Lipinski definition) is 0. The molecule has 2 rings (SSSR count). The van der Waals surface area contributed by atoms with Crippen LogP contribution < -0.4 is 10.2 Å². The summed E-state index contributed by atoms with van der Waals surface area (Å²) in [5, 5.41) is 0.206. The van der Waals surface area contributed by atoms with Crippen molar-refractivity contribution in [3.05, 3.63) is 41.1 Å². The van der Waals surface area contributed by atoms with E-state index in [0.29, 0.717) is 16.8 Å². The summed E-state index contributed by atoms with van der Waals surface area (Å²) in [6.07, 6.45) is 4.24. The molecule has 0 bridgehead atoms. The van der Waals surface area contributed by atoms with E-state index in [0.717, 1.165) is 6.07 Å². The minimum absolute atomic E-state index is 0.162. The highest BCUT2D eigenvalue weighted by molar-refractivity contribution is 6.33. The van der Waals surface area contributed by atoms with E-state index < -0.39 is 5.82 Å². The third kappa shape index (κ3) is 2.56. The molecule has 6 heteroatoms. The van der Waals surface area contributed by atoms with Crippen LogP contribution in [-0.4, -0.2) is 17.8 Å². The molecule has 0 aliphatic heterocycles. The number of pyridine rings is 2. The average molecular weight is 248 g/mol. The monoisotopic (exact) mass is 248 g/mol. The molecule has 17 heavy (non-hydrogen) atoms. The molecule has 0 fully saturated rings. The van der Waals surface area contributed by atoms with Crippen LogP contribution in [0.15, 0.2) is 24.7 Å². The Morgan fingerprint density at radius 3 is 2.82 bits per heavy atom. The zero-order valence-electron chi connectivity index (χ0n) is 8.95. The molecule has 2 aromatic heterocycles. The van der Waals surface area contributed by atoms with Crippen LogP contribution >= 0.6 is 11.6 Å². The van der Waals surface area contributed by atoms with E-state index in [4.69, 9.17) is 24.2 Å². The van der Waals surface area contributed by atoms with Crippen LogP contribution in [0.5, 0.6) is 11.6 Å². The average Bonchev–Trinajstić information content (AvgIpc) is 2.28. The number of ether oxygens (including phenoxy) is 1. The van der Waals surface area contributed by atoms with Crippen LogP contribution in [0.25, 0.3) is 0 Å². The third-order valence-electron chi connectivity index (χ3n) is 2.19. The first-order valence-electron chi connectivity index (χ1n) is 4.77. The van der Waals surface area contributed by atoms with Gasteiger partial charge in [-0.25, -0.2) is 9.37 Å². The van der Waals surface area contributed by atoms with E-state index in [2.05, 4.69) is 9.97 Å². The molecule has 0 spiro atoms. The molecule has 2 aromatic rings. The highest BCUT2D eigenvalue weighted by atomic mass is 35.5. The van der Waals surface area contributed by atoms with Crippen LogP contribution in [0.3, 0.4) is 0 Å². The van der Waals surface area contributed by atoms with E-state index in [9.17, 15) is 4.39 Å². The lowest BCUT2D eigenvalue weighted by Gasteiger charge is -2.09. The van der Waals surface area contributed by atoms with Gasteiger partial charge in [-0.05, 0) is 18.6 Å². The molecule has 0 aliphatic carbocycles. The first-order valence-corrected chi connectivity index (χ1v) is 5.14. The topological polar surface area (TPSA) is 35.0 Å². The first kappa shape index (κ1) is 11.9. The summed E-state index contributed by atoms with van der Waals surface area (Å²) in [6.45, 7) is 1.75. The fourth-order valence-electron chi connectivity index (χ4n) is 1.21. The van der Waals surface area contributed by atoms with E-state index >= 15 is 0 Å². The molecule has 0 aromatic carbocycles. The normalized spacial score (nSPS) is 10.3. The van der Waals surface area contributed by atoms with Gasteiger partial charge in [0.1, 0.15) is 13.6 Å². The summed E-state index contributed by atoms with van der Waals surface area (Å²) in [5.74, 6) is -0.442. The van der Waals surface area contributed by atoms with Crippen molar-refractivity contribution >= 4 is 24.9 Å². The SMILES string of the molecule is [B]c1cncc(Oc2ncc(Cl)cc2F)c1C. The van der Waals surface area contributed by atoms with Crippen LogP contribution in [0, 0.1) is 12.7 Å². The second-order valence-electron chi connectivity index (χ2n) is 3.39. The summed E-state index contributed by atoms with van der Waals surface area (Å²) in [6, 6.07) is 1.12. The molecule has 3 nitrogen and oxygen atoms in total. The molecule has 0 unspecified atom stereocenters. The van der Waals surface area contributed by atoms with E-state index in [1.807, 2.05) is 0 Å². The van der Waals surface area contributed by atoms with Crippen molar-refractivity contribution in [2.75, 3.05) is 0 Å². The van der Waals surface area contributed by atoms with Gasteiger partial charge >= 0.3 is 0 Å². The largest absolute Gasteiger partial charge is 0.435 e. The second kappa shape index (κ2) is 4.71. The summed E-state index contributed by atoms with van der Waals surface area (Å²) in [5.41, 5.74) is 1.15. The van der Waals surface area contributed by atoms with Crippen LogP contribution in [-0.2, 0) is 0 Å². The summed E-state index contributed by atoms with van der Waals surface area (Å²) < 4.78 is 18.7. The summed E-state index contributed by atoms with van der Waals surface area (Å²) in [7, 11) is 5.66. The maximum atomic E-state index is 13.4. The lowest BCUT2D eigenvalue weighted by Crippen LogP contribution is -2.09. The fraction of sp³-hybridized carbons (Fsp3) is 0.0909. The Morgan fingerprint density at radius 1 is 1.35 bits per heavy atom. The molecular weight excluding hydrogens is 241 g/mol. The predicted molar refractivity (Wildman–Crippen MR) is 63.6 cm³/mol. The fourth-order valence-corrected chi connectivity index (χ4v) is 1.35. The number of hydrogen-bond acceptors (Lipinski definition) is 3. The Morgan fingerprint density at radius 2 is 2.12 bits per heavy atom. The Kier molecular flexibility index (Phi) is 3.29. The van der Waals surface area contributed by atoms with Crippen molar-refractivity contribution in [2.45, 2.75) is 6.92 Å². The smallest absolute Gasteiger partial charge is 0.256 e. The van der Waals surface area contributed by atoms with Crippen LogP contribution in [0.2, 0.25) is 5.02 Å². The highest BCUT2D eigenvalue weighted by Crippen LogP contribution is 2.24. The van der Waals surface area contributed by atoms with Crippen molar-refractivity contribution < 1.29 is 9.13 Å². The zero-order chi connectivity index (χ0) is 12.4. The van der Waals surface area contributed by atoms with Gasteiger partial charge in [0.05, 0.1) is 11.2 Å². The lowest BCUT2D eigenvalue weighted by atomic mass is 9.93. The van der Waals surface area contributed by atoms with Gasteiger partial charge in [0, 0.05) is 12.4 Å². The minimum Gasteiger partial charge on any atom is -0.435 e. The molecule has 0 amide bonds. The summed E-state index contributed by atoms with van der Waals surface area (Å²) >= 11 is 5.59. The number of aromatic nitrogens is 2. The van der Waals surface area contributed by atoms with Gasteiger partial charge < -0.3 is 4.74 Å². The minimum atomic E-state index is -0.640. The molecule has 2 radical (unpaired) electrons. The Balaban J connectivity index is 2.35. The van der Waals surface area contributed by atoms with E-state index in [-0.39, 0.29) is 10.9 Å². The lowest BCUT2D eigenvalue weighted by molar-refractivity contribution is 0.419. The van der Waals surface area contributed by atoms with Crippen molar-refractivity contribution in [2.24, 2.45) is 0 Å². The standard InChI is InChI=1S/C11H7BClFN2O/c1-6-8(12)4-15-5-10(6)17-11-9(14)2-7(13)3-16-11/h2-5H,1H3.